The monoisotopic (exact) mass is 216 g/mol. The minimum atomic E-state index is -4.28. The van der Waals surface area contributed by atoms with Crippen molar-refractivity contribution in [1.82, 2.24) is 0 Å². The summed E-state index contributed by atoms with van der Waals surface area (Å²) < 4.78 is 42.8. The maximum Gasteiger partial charge on any atom is 0.416 e. The molecule has 1 aromatic rings. The smallest absolute Gasteiger partial charge is 0.366 e. The molecule has 1 heterocycles. The summed E-state index contributed by atoms with van der Waals surface area (Å²) >= 11 is 0. The molecule has 0 atom stereocenters. The van der Waals surface area contributed by atoms with Gasteiger partial charge in [-0.05, 0) is 37.1 Å². The van der Waals surface area contributed by atoms with E-state index in [0.29, 0.717) is 12.2 Å². The topological polar surface area (TPSA) is 9.23 Å². The van der Waals surface area contributed by atoms with Gasteiger partial charge in [0.05, 0.1) is 17.8 Å². The van der Waals surface area contributed by atoms with Crippen LogP contribution in [0, 0.1) is 0 Å². The van der Waals surface area contributed by atoms with Gasteiger partial charge in [0, 0.05) is 0 Å². The molecule has 1 nitrogen and oxygen atoms in total. The first-order chi connectivity index (χ1) is 6.81. The van der Waals surface area contributed by atoms with Crippen molar-refractivity contribution >= 4 is 0 Å². The van der Waals surface area contributed by atoms with Gasteiger partial charge >= 0.3 is 6.18 Å². The van der Waals surface area contributed by atoms with E-state index in [1.807, 2.05) is 0 Å². The molecule has 0 aliphatic carbocycles. The van der Waals surface area contributed by atoms with Crippen molar-refractivity contribution in [3.8, 4) is 0 Å². The minimum Gasteiger partial charge on any atom is -0.366 e. The summed E-state index contributed by atoms with van der Waals surface area (Å²) in [6.07, 6.45) is -4.28. The highest BCUT2D eigenvalue weighted by atomic mass is 19.4. The van der Waals surface area contributed by atoms with E-state index in [4.69, 9.17) is 4.74 Å². The lowest BCUT2D eigenvalue weighted by atomic mass is 9.94. The van der Waals surface area contributed by atoms with Crippen molar-refractivity contribution in [1.29, 1.82) is 0 Å². The minimum absolute atomic E-state index is 0.389. The lowest BCUT2D eigenvalue weighted by molar-refractivity contribution is -0.137. The quantitative estimate of drug-likeness (QED) is 0.645. The maximum absolute atomic E-state index is 12.5. The van der Waals surface area contributed by atoms with E-state index in [1.165, 1.54) is 12.1 Å². The third-order valence-electron chi connectivity index (χ3n) is 2.67. The van der Waals surface area contributed by atoms with Gasteiger partial charge in [0.15, 0.2) is 0 Å². The van der Waals surface area contributed by atoms with E-state index in [2.05, 4.69) is 0 Å². The molecule has 0 spiro atoms. The Morgan fingerprint density at radius 2 is 1.93 bits per heavy atom. The summed E-state index contributed by atoms with van der Waals surface area (Å²) in [5.41, 5.74) is 0.251. The van der Waals surface area contributed by atoms with Crippen molar-refractivity contribution in [2.75, 3.05) is 0 Å². The summed E-state index contributed by atoms with van der Waals surface area (Å²) in [4.78, 5) is 0. The van der Waals surface area contributed by atoms with Gasteiger partial charge in [-0.25, -0.2) is 0 Å². The zero-order valence-electron chi connectivity index (χ0n) is 8.48. The van der Waals surface area contributed by atoms with Gasteiger partial charge in [0.25, 0.3) is 0 Å². The Morgan fingerprint density at radius 1 is 1.27 bits per heavy atom. The second-order valence-corrected chi connectivity index (χ2v) is 4.17. The van der Waals surface area contributed by atoms with Gasteiger partial charge in [-0.3, -0.25) is 0 Å². The van der Waals surface area contributed by atoms with Crippen LogP contribution in [-0.4, -0.2) is 0 Å². The van der Waals surface area contributed by atoms with Crippen LogP contribution < -0.4 is 0 Å². The predicted octanol–water partition coefficient (Wildman–Crippen LogP) is 3.47. The molecule has 15 heavy (non-hydrogen) atoms. The number of benzene rings is 1. The Bertz CT molecular complexity index is 393. The average molecular weight is 216 g/mol. The molecule has 2 rings (SSSR count). The molecule has 0 aromatic heterocycles. The Labute approximate surface area is 85.9 Å². The Kier molecular flexibility index (Phi) is 2.08. The first-order valence-corrected chi connectivity index (χ1v) is 4.65. The molecule has 0 saturated carbocycles. The number of hydrogen-bond acceptors (Lipinski definition) is 1. The van der Waals surface area contributed by atoms with Crippen LogP contribution in [0.5, 0.6) is 0 Å². The maximum atomic E-state index is 12.5. The normalized spacial score (nSPS) is 19.0. The third kappa shape index (κ3) is 1.74. The molecule has 0 amide bonds. The van der Waals surface area contributed by atoms with E-state index >= 15 is 0 Å². The van der Waals surface area contributed by atoms with Crippen molar-refractivity contribution < 1.29 is 17.9 Å². The van der Waals surface area contributed by atoms with E-state index in [0.717, 1.165) is 11.6 Å². The van der Waals surface area contributed by atoms with E-state index in [9.17, 15) is 13.2 Å². The zero-order valence-corrected chi connectivity index (χ0v) is 8.48. The molecule has 0 fully saturated rings. The molecule has 0 N–H and O–H groups in total. The van der Waals surface area contributed by atoms with E-state index in [-0.39, 0.29) is 0 Å². The summed E-state index contributed by atoms with van der Waals surface area (Å²) in [6.45, 7) is 3.94. The van der Waals surface area contributed by atoms with Crippen molar-refractivity contribution in [3.05, 3.63) is 34.9 Å². The van der Waals surface area contributed by atoms with Gasteiger partial charge < -0.3 is 4.74 Å². The van der Waals surface area contributed by atoms with Crippen LogP contribution in [0.25, 0.3) is 0 Å². The average Bonchev–Trinajstić information content (AvgIpc) is 2.41. The first-order valence-electron chi connectivity index (χ1n) is 4.65. The number of rotatable bonds is 0. The molecule has 0 radical (unpaired) electrons. The largest absolute Gasteiger partial charge is 0.416 e. The van der Waals surface area contributed by atoms with Crippen molar-refractivity contribution in [3.63, 3.8) is 0 Å². The Balaban J connectivity index is 2.51. The molecule has 1 aliphatic heterocycles. The number of hydrogen-bond donors (Lipinski definition) is 0. The highest BCUT2D eigenvalue weighted by Crippen LogP contribution is 2.39. The molecule has 1 aliphatic rings. The number of fused-ring (bicyclic) bond motifs is 1. The number of ether oxygens (including phenoxy) is 1. The van der Waals surface area contributed by atoms with Gasteiger partial charge in [-0.2, -0.15) is 13.2 Å². The van der Waals surface area contributed by atoms with Crippen LogP contribution in [0.2, 0.25) is 0 Å². The second kappa shape index (κ2) is 2.98. The van der Waals surface area contributed by atoms with Gasteiger partial charge in [-0.1, -0.05) is 6.07 Å². The highest BCUT2D eigenvalue weighted by molar-refractivity contribution is 5.38. The number of alkyl halides is 3. The second-order valence-electron chi connectivity index (χ2n) is 4.17. The highest BCUT2D eigenvalue weighted by Gasteiger charge is 2.36. The van der Waals surface area contributed by atoms with Crippen LogP contribution in [0.15, 0.2) is 18.2 Å². The summed E-state index contributed by atoms with van der Waals surface area (Å²) in [5, 5.41) is 0. The third-order valence-corrected chi connectivity index (χ3v) is 2.67. The van der Waals surface area contributed by atoms with Gasteiger partial charge in [0.2, 0.25) is 0 Å². The van der Waals surface area contributed by atoms with E-state index < -0.39 is 17.3 Å². The first kappa shape index (κ1) is 10.5. The summed E-state index contributed by atoms with van der Waals surface area (Å²) in [5.74, 6) is 0. The predicted molar refractivity (Wildman–Crippen MR) is 49.3 cm³/mol. The zero-order chi connectivity index (χ0) is 11.3. The summed E-state index contributed by atoms with van der Waals surface area (Å²) in [6, 6.07) is 3.78. The number of halogens is 3. The molecule has 82 valence electrons. The van der Waals surface area contributed by atoms with Crippen LogP contribution >= 0.6 is 0 Å². The standard InChI is InChI=1S/C11H11F3O/c1-10(2)9-5-8(11(12,13)14)4-3-7(9)6-15-10/h3-5H,6H2,1-2H3. The lowest BCUT2D eigenvalue weighted by Gasteiger charge is -2.19. The fourth-order valence-electron chi connectivity index (χ4n) is 1.78. The molecular formula is C11H11F3O. The van der Waals surface area contributed by atoms with Crippen molar-refractivity contribution in [2.24, 2.45) is 0 Å². The molecule has 0 bridgehead atoms. The Morgan fingerprint density at radius 3 is 2.53 bits per heavy atom. The van der Waals surface area contributed by atoms with Gasteiger partial charge in [0.1, 0.15) is 0 Å². The summed E-state index contributed by atoms with van der Waals surface area (Å²) in [7, 11) is 0. The van der Waals surface area contributed by atoms with Crippen LogP contribution in [0.4, 0.5) is 13.2 Å². The molecule has 4 heteroatoms. The molecule has 1 aromatic carbocycles. The molecule has 0 unspecified atom stereocenters. The Hall–Kier alpha value is -1.03. The van der Waals surface area contributed by atoms with Crippen molar-refractivity contribution in [2.45, 2.75) is 32.2 Å². The van der Waals surface area contributed by atoms with Gasteiger partial charge in [-0.15, -0.1) is 0 Å². The molecule has 0 saturated heterocycles. The van der Waals surface area contributed by atoms with Crippen LogP contribution in [0.1, 0.15) is 30.5 Å². The fourth-order valence-corrected chi connectivity index (χ4v) is 1.78. The van der Waals surface area contributed by atoms with E-state index in [1.54, 1.807) is 13.8 Å². The molecular weight excluding hydrogens is 205 g/mol. The van der Waals surface area contributed by atoms with Crippen LogP contribution in [-0.2, 0) is 23.1 Å². The van der Waals surface area contributed by atoms with Crippen LogP contribution in [0.3, 0.4) is 0 Å². The fraction of sp³-hybridized carbons (Fsp3) is 0.455. The lowest BCUT2D eigenvalue weighted by Crippen LogP contribution is -2.16. The SMILES string of the molecule is CC1(C)OCc2ccc(C(F)(F)F)cc21.